The molecule has 1 aromatic heterocycles. The number of carbonyl (C=O) groups excluding carboxylic acids is 1. The number of pyridine rings is 1. The van der Waals surface area contributed by atoms with E-state index in [0.29, 0.717) is 24.5 Å². The maximum Gasteiger partial charge on any atom is 0.252 e. The third-order valence-electron chi connectivity index (χ3n) is 4.84. The molecule has 0 atom stereocenters. The zero-order valence-electron chi connectivity index (χ0n) is 16.6. The van der Waals surface area contributed by atoms with Crippen LogP contribution in [0.25, 0.3) is 0 Å². The minimum Gasteiger partial charge on any atom is -0.385 e. The van der Waals surface area contributed by atoms with E-state index < -0.39 is 0 Å². The van der Waals surface area contributed by atoms with Crippen LogP contribution >= 0.6 is 0 Å². The van der Waals surface area contributed by atoms with Crippen LogP contribution in [0.1, 0.15) is 16.8 Å². The average molecular weight is 383 g/mol. The number of aromatic nitrogens is 1. The van der Waals surface area contributed by atoms with Crippen molar-refractivity contribution in [2.24, 2.45) is 0 Å². The van der Waals surface area contributed by atoms with Crippen molar-refractivity contribution in [3.05, 3.63) is 48.2 Å². The van der Waals surface area contributed by atoms with Gasteiger partial charge in [-0.15, -0.1) is 0 Å². The van der Waals surface area contributed by atoms with E-state index in [1.165, 1.54) is 5.69 Å². The van der Waals surface area contributed by atoms with E-state index in [-0.39, 0.29) is 5.91 Å². The summed E-state index contributed by atoms with van der Waals surface area (Å²) < 4.78 is 4.97. The SMILES string of the molecule is COCCCNC(=O)c1ccc(Nc2ccc(N3CCN(C)CC3)cc2)nc1. The topological polar surface area (TPSA) is 69.7 Å². The number of ether oxygens (including phenoxy) is 1. The number of carbonyl (C=O) groups is 1. The summed E-state index contributed by atoms with van der Waals surface area (Å²) in [6, 6.07) is 12.0. The van der Waals surface area contributed by atoms with Gasteiger partial charge in [0.1, 0.15) is 5.82 Å². The number of benzene rings is 1. The molecule has 0 aliphatic carbocycles. The summed E-state index contributed by atoms with van der Waals surface area (Å²) in [6.45, 7) is 5.52. The van der Waals surface area contributed by atoms with Gasteiger partial charge in [0.25, 0.3) is 5.91 Å². The molecule has 1 aromatic carbocycles. The van der Waals surface area contributed by atoms with Crippen LogP contribution in [-0.4, -0.2) is 69.3 Å². The van der Waals surface area contributed by atoms with Crippen LogP contribution in [0.3, 0.4) is 0 Å². The third kappa shape index (κ3) is 5.68. The Labute approximate surface area is 166 Å². The number of rotatable bonds is 8. The maximum atomic E-state index is 12.1. The van der Waals surface area contributed by atoms with Crippen LogP contribution in [0, 0.1) is 0 Å². The Balaban J connectivity index is 1.51. The quantitative estimate of drug-likeness (QED) is 0.682. The minimum absolute atomic E-state index is 0.119. The fraction of sp³-hybridized carbons (Fsp3) is 0.429. The lowest BCUT2D eigenvalue weighted by Gasteiger charge is -2.34. The molecule has 0 bridgehead atoms. The highest BCUT2D eigenvalue weighted by Gasteiger charge is 2.14. The molecule has 150 valence electrons. The molecule has 2 heterocycles. The van der Waals surface area contributed by atoms with Crippen LogP contribution in [0.4, 0.5) is 17.2 Å². The molecule has 1 aliphatic rings. The van der Waals surface area contributed by atoms with Crippen molar-refractivity contribution >= 4 is 23.1 Å². The van der Waals surface area contributed by atoms with Gasteiger partial charge >= 0.3 is 0 Å². The van der Waals surface area contributed by atoms with E-state index >= 15 is 0 Å². The van der Waals surface area contributed by atoms with Crippen molar-refractivity contribution in [1.29, 1.82) is 0 Å². The zero-order chi connectivity index (χ0) is 19.8. The second-order valence-electron chi connectivity index (χ2n) is 7.00. The van der Waals surface area contributed by atoms with Crippen LogP contribution in [0.15, 0.2) is 42.6 Å². The van der Waals surface area contributed by atoms with Crippen LogP contribution < -0.4 is 15.5 Å². The average Bonchev–Trinajstić information content (AvgIpc) is 2.73. The molecule has 3 rings (SSSR count). The lowest BCUT2D eigenvalue weighted by atomic mass is 10.2. The standard InChI is InChI=1S/C21H29N5O2/c1-25-11-13-26(14-12-25)19-7-5-18(6-8-19)24-20-9-4-17(16-23-20)21(27)22-10-3-15-28-2/h4-9,16H,3,10-15H2,1-2H3,(H,22,27)(H,23,24). The van der Waals surface area contributed by atoms with Gasteiger partial charge in [-0.1, -0.05) is 0 Å². The highest BCUT2D eigenvalue weighted by Crippen LogP contribution is 2.21. The molecule has 7 heteroatoms. The Morgan fingerprint density at radius 1 is 1.11 bits per heavy atom. The summed E-state index contributed by atoms with van der Waals surface area (Å²) in [5, 5.41) is 6.14. The predicted molar refractivity (Wildman–Crippen MR) is 112 cm³/mol. The van der Waals surface area contributed by atoms with E-state index in [0.717, 1.165) is 38.3 Å². The number of nitrogens with one attached hydrogen (secondary N) is 2. The number of piperazine rings is 1. The van der Waals surface area contributed by atoms with Crippen LogP contribution in [0.2, 0.25) is 0 Å². The molecule has 2 aromatic rings. The summed E-state index contributed by atoms with van der Waals surface area (Å²) in [5.74, 6) is 0.593. The van der Waals surface area contributed by atoms with Crippen LogP contribution in [0.5, 0.6) is 0 Å². The van der Waals surface area contributed by atoms with E-state index in [9.17, 15) is 4.79 Å². The van der Waals surface area contributed by atoms with Gasteiger partial charge < -0.3 is 25.2 Å². The normalized spacial score (nSPS) is 14.7. The van der Waals surface area contributed by atoms with Gasteiger partial charge in [0.15, 0.2) is 0 Å². The second-order valence-corrected chi connectivity index (χ2v) is 7.00. The van der Waals surface area contributed by atoms with Gasteiger partial charge in [-0.05, 0) is 49.9 Å². The summed E-state index contributed by atoms with van der Waals surface area (Å²) in [6.07, 6.45) is 2.38. The number of nitrogens with zero attached hydrogens (tertiary/aromatic N) is 3. The van der Waals surface area contributed by atoms with Crippen molar-refractivity contribution in [2.75, 3.05) is 63.7 Å². The van der Waals surface area contributed by atoms with Gasteiger partial charge in [-0.3, -0.25) is 4.79 Å². The van der Waals surface area contributed by atoms with E-state index in [4.69, 9.17) is 4.74 Å². The highest BCUT2D eigenvalue weighted by molar-refractivity contribution is 5.94. The highest BCUT2D eigenvalue weighted by atomic mass is 16.5. The van der Waals surface area contributed by atoms with Gasteiger partial charge in [-0.25, -0.2) is 4.98 Å². The number of likely N-dealkylation sites (N-methyl/N-ethyl adjacent to an activating group) is 1. The maximum absolute atomic E-state index is 12.1. The van der Waals surface area contributed by atoms with Crippen molar-refractivity contribution in [3.8, 4) is 0 Å². The Morgan fingerprint density at radius 3 is 2.50 bits per heavy atom. The Hall–Kier alpha value is -2.64. The molecule has 1 aliphatic heterocycles. The lowest BCUT2D eigenvalue weighted by Crippen LogP contribution is -2.44. The zero-order valence-corrected chi connectivity index (χ0v) is 16.6. The number of amides is 1. The molecule has 28 heavy (non-hydrogen) atoms. The van der Waals surface area contributed by atoms with Crippen molar-refractivity contribution < 1.29 is 9.53 Å². The van der Waals surface area contributed by atoms with Gasteiger partial charge in [0.2, 0.25) is 0 Å². The van der Waals surface area contributed by atoms with Crippen molar-refractivity contribution in [2.45, 2.75) is 6.42 Å². The molecule has 0 unspecified atom stereocenters. The van der Waals surface area contributed by atoms with Crippen LogP contribution in [-0.2, 0) is 4.74 Å². The van der Waals surface area contributed by atoms with Crippen molar-refractivity contribution in [1.82, 2.24) is 15.2 Å². The number of hydrogen-bond acceptors (Lipinski definition) is 6. The largest absolute Gasteiger partial charge is 0.385 e. The first kappa shape index (κ1) is 20.1. The van der Waals surface area contributed by atoms with Crippen molar-refractivity contribution in [3.63, 3.8) is 0 Å². The fourth-order valence-corrected chi connectivity index (χ4v) is 3.09. The first-order valence-corrected chi connectivity index (χ1v) is 9.69. The molecule has 1 fully saturated rings. The fourth-order valence-electron chi connectivity index (χ4n) is 3.09. The molecule has 1 amide bonds. The lowest BCUT2D eigenvalue weighted by molar-refractivity contribution is 0.0948. The van der Waals surface area contributed by atoms with Gasteiger partial charge in [-0.2, -0.15) is 0 Å². The summed E-state index contributed by atoms with van der Waals surface area (Å²) >= 11 is 0. The molecule has 2 N–H and O–H groups in total. The smallest absolute Gasteiger partial charge is 0.252 e. The molecule has 0 saturated carbocycles. The Bertz CT molecular complexity index is 740. The minimum atomic E-state index is -0.119. The monoisotopic (exact) mass is 383 g/mol. The molecule has 0 radical (unpaired) electrons. The summed E-state index contributed by atoms with van der Waals surface area (Å²) in [4.78, 5) is 21.2. The molecule has 7 nitrogen and oxygen atoms in total. The molecule has 0 spiro atoms. The third-order valence-corrected chi connectivity index (χ3v) is 4.84. The Kier molecular flexibility index (Phi) is 7.22. The molecular formula is C21H29N5O2. The number of anilines is 3. The molecular weight excluding hydrogens is 354 g/mol. The van der Waals surface area contributed by atoms with E-state index in [2.05, 4.69) is 56.7 Å². The van der Waals surface area contributed by atoms with E-state index in [1.807, 2.05) is 6.07 Å². The molecule has 1 saturated heterocycles. The first-order valence-electron chi connectivity index (χ1n) is 9.69. The second kappa shape index (κ2) is 10.1. The summed E-state index contributed by atoms with van der Waals surface area (Å²) in [7, 11) is 3.81. The summed E-state index contributed by atoms with van der Waals surface area (Å²) in [5.41, 5.74) is 2.77. The number of hydrogen-bond donors (Lipinski definition) is 2. The van der Waals surface area contributed by atoms with Gasteiger partial charge in [0.05, 0.1) is 5.56 Å². The van der Waals surface area contributed by atoms with Gasteiger partial charge in [0, 0.05) is 64.0 Å². The number of methoxy groups -OCH3 is 1. The van der Waals surface area contributed by atoms with E-state index in [1.54, 1.807) is 19.4 Å². The Morgan fingerprint density at radius 2 is 1.86 bits per heavy atom. The first-order chi connectivity index (χ1) is 13.7. The predicted octanol–water partition coefficient (Wildman–Crippen LogP) is 2.34.